The molecule has 2 nitrogen and oxygen atoms in total. The highest BCUT2D eigenvalue weighted by atomic mass is 35.5. The molecule has 0 fully saturated rings. The van der Waals surface area contributed by atoms with Gasteiger partial charge in [0.15, 0.2) is 0 Å². The molecule has 4 heteroatoms. The molecule has 0 radical (unpaired) electrons. The van der Waals surface area contributed by atoms with E-state index < -0.39 is 0 Å². The van der Waals surface area contributed by atoms with Crippen molar-refractivity contribution in [3.8, 4) is 0 Å². The monoisotopic (exact) mass is 233 g/mol. The fraction of sp³-hybridized carbons (Fsp3) is 0.400. The summed E-state index contributed by atoms with van der Waals surface area (Å²) in [5.41, 5.74) is 6.51. The van der Waals surface area contributed by atoms with E-state index in [0.29, 0.717) is 23.0 Å². The summed E-state index contributed by atoms with van der Waals surface area (Å²) in [6.45, 7) is 0.561. The van der Waals surface area contributed by atoms with Crippen LogP contribution < -0.4 is 5.73 Å². The number of halogens is 2. The number of rotatable bonds is 4. The van der Waals surface area contributed by atoms with Crippen LogP contribution in [0.25, 0.3) is 0 Å². The molecule has 1 aromatic rings. The topological polar surface area (TPSA) is 46.2 Å². The molecule has 1 rings (SSSR count). The van der Waals surface area contributed by atoms with Gasteiger partial charge in [-0.2, -0.15) is 0 Å². The maximum Gasteiger partial charge on any atom is 0.0442 e. The van der Waals surface area contributed by atoms with Crippen LogP contribution in [0.5, 0.6) is 0 Å². The lowest BCUT2D eigenvalue weighted by Crippen LogP contribution is -2.14. The van der Waals surface area contributed by atoms with Crippen LogP contribution in [-0.4, -0.2) is 18.3 Å². The van der Waals surface area contributed by atoms with Crippen molar-refractivity contribution in [3.63, 3.8) is 0 Å². The summed E-state index contributed by atoms with van der Waals surface area (Å²) in [5, 5.41) is 10.1. The fourth-order valence-corrected chi connectivity index (χ4v) is 1.84. The summed E-state index contributed by atoms with van der Waals surface area (Å²) in [5.74, 6) is 0.0752. The standard InChI is InChI=1S/C10H13Cl2NO/c11-8-1-2-10(12)9(5-8)7(6-13)3-4-14/h1-2,5,7,14H,3-4,6,13H2. The number of nitrogens with two attached hydrogens (primary N) is 1. The van der Waals surface area contributed by atoms with Gasteiger partial charge < -0.3 is 10.8 Å². The van der Waals surface area contributed by atoms with Gasteiger partial charge in [-0.25, -0.2) is 0 Å². The normalized spacial score (nSPS) is 12.9. The van der Waals surface area contributed by atoms with Crippen molar-refractivity contribution in [2.75, 3.05) is 13.2 Å². The van der Waals surface area contributed by atoms with Crippen LogP contribution in [0.4, 0.5) is 0 Å². The molecule has 78 valence electrons. The zero-order valence-corrected chi connectivity index (χ0v) is 9.22. The highest BCUT2D eigenvalue weighted by molar-refractivity contribution is 6.33. The first-order valence-corrected chi connectivity index (χ1v) is 5.20. The number of hydrogen-bond acceptors (Lipinski definition) is 2. The molecule has 0 saturated heterocycles. The Kier molecular flexibility index (Phi) is 4.69. The first-order valence-electron chi connectivity index (χ1n) is 4.45. The molecule has 3 N–H and O–H groups in total. The van der Waals surface area contributed by atoms with Crippen molar-refractivity contribution >= 4 is 23.2 Å². The Morgan fingerprint density at radius 3 is 2.64 bits per heavy atom. The van der Waals surface area contributed by atoms with Gasteiger partial charge in [-0.1, -0.05) is 23.2 Å². The highest BCUT2D eigenvalue weighted by Crippen LogP contribution is 2.28. The molecule has 1 unspecified atom stereocenters. The third-order valence-corrected chi connectivity index (χ3v) is 2.74. The summed E-state index contributed by atoms with van der Waals surface area (Å²) >= 11 is 11.9. The molecule has 0 aromatic heterocycles. The predicted molar refractivity (Wildman–Crippen MR) is 60.0 cm³/mol. The van der Waals surface area contributed by atoms with Crippen LogP contribution in [0.15, 0.2) is 18.2 Å². The Morgan fingerprint density at radius 2 is 2.07 bits per heavy atom. The van der Waals surface area contributed by atoms with E-state index >= 15 is 0 Å². The zero-order chi connectivity index (χ0) is 10.6. The minimum Gasteiger partial charge on any atom is -0.396 e. The lowest BCUT2D eigenvalue weighted by Gasteiger charge is -2.15. The highest BCUT2D eigenvalue weighted by Gasteiger charge is 2.12. The molecule has 0 aliphatic carbocycles. The van der Waals surface area contributed by atoms with Crippen LogP contribution in [0.1, 0.15) is 17.9 Å². The Morgan fingerprint density at radius 1 is 1.36 bits per heavy atom. The minimum atomic E-state index is 0.0752. The molecule has 0 heterocycles. The van der Waals surface area contributed by atoms with Gasteiger partial charge in [-0.15, -0.1) is 0 Å². The Balaban J connectivity index is 2.96. The van der Waals surface area contributed by atoms with Crippen molar-refractivity contribution in [2.24, 2.45) is 5.73 Å². The molecule has 1 aromatic carbocycles. The lowest BCUT2D eigenvalue weighted by molar-refractivity contribution is 0.276. The predicted octanol–water partition coefficient (Wildman–Crippen LogP) is 2.42. The molecule has 0 aliphatic rings. The van der Waals surface area contributed by atoms with Crippen LogP contribution in [0.2, 0.25) is 10.0 Å². The van der Waals surface area contributed by atoms with Crippen LogP contribution in [0.3, 0.4) is 0 Å². The van der Waals surface area contributed by atoms with Gasteiger partial charge in [0.25, 0.3) is 0 Å². The summed E-state index contributed by atoms with van der Waals surface area (Å²) < 4.78 is 0. The second kappa shape index (κ2) is 5.56. The molecule has 0 saturated carbocycles. The Hall–Kier alpha value is -0.280. The lowest BCUT2D eigenvalue weighted by atomic mass is 9.96. The van der Waals surface area contributed by atoms with Crippen molar-refractivity contribution < 1.29 is 5.11 Å². The molecule has 0 spiro atoms. The van der Waals surface area contributed by atoms with Gasteiger partial charge >= 0.3 is 0 Å². The van der Waals surface area contributed by atoms with Gasteiger partial charge in [0.1, 0.15) is 0 Å². The van der Waals surface area contributed by atoms with E-state index in [9.17, 15) is 0 Å². The van der Waals surface area contributed by atoms with Gasteiger partial charge in [0.05, 0.1) is 0 Å². The quantitative estimate of drug-likeness (QED) is 0.840. The number of benzene rings is 1. The van der Waals surface area contributed by atoms with E-state index in [-0.39, 0.29) is 12.5 Å². The second-order valence-electron chi connectivity index (χ2n) is 3.11. The van der Waals surface area contributed by atoms with Crippen LogP contribution >= 0.6 is 23.2 Å². The number of aliphatic hydroxyl groups is 1. The van der Waals surface area contributed by atoms with Crippen molar-refractivity contribution in [3.05, 3.63) is 33.8 Å². The second-order valence-corrected chi connectivity index (χ2v) is 3.95. The van der Waals surface area contributed by atoms with Gasteiger partial charge in [-0.3, -0.25) is 0 Å². The molecule has 0 amide bonds. The Bertz CT molecular complexity index is 304. The van der Waals surface area contributed by atoms with Gasteiger partial charge in [0.2, 0.25) is 0 Å². The van der Waals surface area contributed by atoms with E-state index in [0.717, 1.165) is 5.56 Å². The van der Waals surface area contributed by atoms with Crippen molar-refractivity contribution in [1.29, 1.82) is 0 Å². The average molecular weight is 234 g/mol. The molecule has 0 bridgehead atoms. The molecule has 1 atom stereocenters. The van der Waals surface area contributed by atoms with Crippen molar-refractivity contribution in [1.82, 2.24) is 0 Å². The number of hydrogen-bond donors (Lipinski definition) is 2. The zero-order valence-electron chi connectivity index (χ0n) is 7.71. The maximum atomic E-state index is 8.86. The molecule has 14 heavy (non-hydrogen) atoms. The fourth-order valence-electron chi connectivity index (χ4n) is 1.38. The summed E-state index contributed by atoms with van der Waals surface area (Å²) in [4.78, 5) is 0. The summed E-state index contributed by atoms with van der Waals surface area (Å²) in [7, 11) is 0. The first kappa shape index (κ1) is 11.8. The Labute approximate surface area is 93.6 Å². The maximum absolute atomic E-state index is 8.86. The van der Waals surface area contributed by atoms with Crippen LogP contribution in [0, 0.1) is 0 Å². The van der Waals surface area contributed by atoms with E-state index in [4.69, 9.17) is 34.0 Å². The van der Waals surface area contributed by atoms with Gasteiger partial charge in [-0.05, 0) is 42.6 Å². The average Bonchev–Trinajstić information content (AvgIpc) is 2.18. The van der Waals surface area contributed by atoms with Crippen LogP contribution in [-0.2, 0) is 0 Å². The third-order valence-electron chi connectivity index (χ3n) is 2.16. The van der Waals surface area contributed by atoms with E-state index in [2.05, 4.69) is 0 Å². The largest absolute Gasteiger partial charge is 0.396 e. The SMILES string of the molecule is NCC(CCO)c1cc(Cl)ccc1Cl. The first-order chi connectivity index (χ1) is 6.69. The molecular formula is C10H13Cl2NO. The van der Waals surface area contributed by atoms with E-state index in [1.54, 1.807) is 18.2 Å². The summed E-state index contributed by atoms with van der Waals surface area (Å²) in [6.07, 6.45) is 0.608. The van der Waals surface area contributed by atoms with E-state index in [1.165, 1.54) is 0 Å². The minimum absolute atomic E-state index is 0.0752. The van der Waals surface area contributed by atoms with E-state index in [1.807, 2.05) is 0 Å². The third kappa shape index (κ3) is 2.85. The molecular weight excluding hydrogens is 221 g/mol. The molecule has 0 aliphatic heterocycles. The number of aliphatic hydroxyl groups excluding tert-OH is 1. The summed E-state index contributed by atoms with van der Waals surface area (Å²) in [6, 6.07) is 5.29. The van der Waals surface area contributed by atoms with Crippen molar-refractivity contribution in [2.45, 2.75) is 12.3 Å². The smallest absolute Gasteiger partial charge is 0.0442 e. The van der Waals surface area contributed by atoms with Gasteiger partial charge in [0, 0.05) is 16.7 Å².